The van der Waals surface area contributed by atoms with Crippen molar-refractivity contribution in [1.82, 2.24) is 5.32 Å². The quantitative estimate of drug-likeness (QED) is 0.883. The number of halogens is 1. The molecule has 0 aromatic heterocycles. The third-order valence-electron chi connectivity index (χ3n) is 3.07. The topological polar surface area (TPSA) is 32.3 Å². The van der Waals surface area contributed by atoms with Crippen molar-refractivity contribution in [3.63, 3.8) is 0 Å². The fourth-order valence-electron chi connectivity index (χ4n) is 1.94. The Morgan fingerprint density at radius 3 is 2.37 bits per heavy atom. The minimum absolute atomic E-state index is 0.0960. The predicted octanol–water partition coefficient (Wildman–Crippen LogP) is 3.54. The second-order valence-electron chi connectivity index (χ2n) is 4.67. The number of aryl methyl sites for hydroxylation is 1. The van der Waals surface area contributed by atoms with Crippen LogP contribution in [0.5, 0.6) is 0 Å². The van der Waals surface area contributed by atoms with Crippen molar-refractivity contribution >= 4 is 15.9 Å². The highest BCUT2D eigenvalue weighted by Crippen LogP contribution is 2.17. The maximum atomic E-state index is 9.10. The summed E-state index contributed by atoms with van der Waals surface area (Å²) in [5.74, 6) is 0. The number of nitrogens with one attached hydrogen (secondary N) is 1. The molecule has 0 amide bonds. The molecule has 2 N–H and O–H groups in total. The van der Waals surface area contributed by atoms with E-state index in [1.54, 1.807) is 0 Å². The first-order valence-electron chi connectivity index (χ1n) is 6.33. The van der Waals surface area contributed by atoms with E-state index in [4.69, 9.17) is 5.11 Å². The van der Waals surface area contributed by atoms with Crippen LogP contribution in [-0.2, 0) is 19.7 Å². The maximum Gasteiger partial charge on any atom is 0.0681 e. The monoisotopic (exact) mass is 319 g/mol. The van der Waals surface area contributed by atoms with Gasteiger partial charge in [0.1, 0.15) is 0 Å². The molecule has 0 bridgehead atoms. The van der Waals surface area contributed by atoms with Gasteiger partial charge in [0.05, 0.1) is 6.61 Å². The summed E-state index contributed by atoms with van der Waals surface area (Å²) in [5.41, 5.74) is 4.66. The normalized spacial score (nSPS) is 10.7. The van der Waals surface area contributed by atoms with Gasteiger partial charge in [-0.25, -0.2) is 0 Å². The molecule has 3 heteroatoms. The van der Waals surface area contributed by atoms with Crippen molar-refractivity contribution in [3.8, 4) is 0 Å². The van der Waals surface area contributed by atoms with Gasteiger partial charge < -0.3 is 10.4 Å². The average molecular weight is 320 g/mol. The average Bonchev–Trinajstić information content (AvgIpc) is 2.43. The van der Waals surface area contributed by atoms with Crippen molar-refractivity contribution in [1.29, 1.82) is 0 Å². The minimum Gasteiger partial charge on any atom is -0.392 e. The van der Waals surface area contributed by atoms with Crippen LogP contribution in [0.25, 0.3) is 0 Å². The van der Waals surface area contributed by atoms with Crippen LogP contribution in [0, 0.1) is 6.92 Å². The van der Waals surface area contributed by atoms with E-state index in [-0.39, 0.29) is 6.61 Å². The van der Waals surface area contributed by atoms with Gasteiger partial charge in [-0.1, -0.05) is 52.3 Å². The summed E-state index contributed by atoms with van der Waals surface area (Å²) in [7, 11) is 0. The summed E-state index contributed by atoms with van der Waals surface area (Å²) in [6.45, 7) is 3.82. The highest BCUT2D eigenvalue weighted by Gasteiger charge is 1.99. The molecule has 0 unspecified atom stereocenters. The third-order valence-corrected chi connectivity index (χ3v) is 3.92. The molecule has 0 aliphatic heterocycles. The fraction of sp³-hybridized carbons (Fsp3) is 0.250. The molecule has 100 valence electrons. The lowest BCUT2D eigenvalue weighted by atomic mass is 10.1. The molecular formula is C16H18BrNO. The summed E-state index contributed by atoms with van der Waals surface area (Å²) in [6, 6.07) is 14.4. The van der Waals surface area contributed by atoms with E-state index < -0.39 is 0 Å². The summed E-state index contributed by atoms with van der Waals surface area (Å²) >= 11 is 3.55. The highest BCUT2D eigenvalue weighted by molar-refractivity contribution is 9.10. The Bertz CT molecular complexity index is 554. The SMILES string of the molecule is Cc1ccc(CNCc2cccc(CO)c2)cc1Br. The summed E-state index contributed by atoms with van der Waals surface area (Å²) in [4.78, 5) is 0. The summed E-state index contributed by atoms with van der Waals surface area (Å²) in [6.07, 6.45) is 0. The van der Waals surface area contributed by atoms with E-state index in [2.05, 4.69) is 52.4 Å². The van der Waals surface area contributed by atoms with Gasteiger partial charge in [-0.05, 0) is 35.2 Å². The van der Waals surface area contributed by atoms with E-state index in [1.165, 1.54) is 16.7 Å². The van der Waals surface area contributed by atoms with Gasteiger partial charge >= 0.3 is 0 Å². The smallest absolute Gasteiger partial charge is 0.0681 e. The zero-order chi connectivity index (χ0) is 13.7. The van der Waals surface area contributed by atoms with Gasteiger partial charge in [0, 0.05) is 17.6 Å². The molecule has 0 aliphatic carbocycles. The number of aliphatic hydroxyl groups excluding tert-OH is 1. The number of rotatable bonds is 5. The first-order valence-corrected chi connectivity index (χ1v) is 7.13. The van der Waals surface area contributed by atoms with Crippen molar-refractivity contribution in [2.24, 2.45) is 0 Å². The van der Waals surface area contributed by atoms with Gasteiger partial charge in [0.2, 0.25) is 0 Å². The lowest BCUT2D eigenvalue weighted by molar-refractivity contribution is 0.281. The second kappa shape index (κ2) is 6.85. The van der Waals surface area contributed by atoms with Crippen LogP contribution in [0.1, 0.15) is 22.3 Å². The van der Waals surface area contributed by atoms with Gasteiger partial charge in [-0.3, -0.25) is 0 Å². The summed E-state index contributed by atoms with van der Waals surface area (Å²) < 4.78 is 1.15. The van der Waals surface area contributed by atoms with Crippen LogP contribution in [0.3, 0.4) is 0 Å². The van der Waals surface area contributed by atoms with Crippen molar-refractivity contribution < 1.29 is 5.11 Å². The third kappa shape index (κ3) is 4.16. The Balaban J connectivity index is 1.90. The van der Waals surface area contributed by atoms with Crippen LogP contribution in [0.4, 0.5) is 0 Å². The molecule has 2 aromatic rings. The molecule has 0 fully saturated rings. The van der Waals surface area contributed by atoms with E-state index in [9.17, 15) is 0 Å². The number of hydrogen-bond acceptors (Lipinski definition) is 2. The Hall–Kier alpha value is -1.16. The van der Waals surface area contributed by atoms with E-state index in [1.807, 2.05) is 18.2 Å². The second-order valence-corrected chi connectivity index (χ2v) is 5.52. The van der Waals surface area contributed by atoms with Crippen molar-refractivity contribution in [2.75, 3.05) is 0 Å². The Morgan fingerprint density at radius 2 is 1.68 bits per heavy atom. The van der Waals surface area contributed by atoms with E-state index in [0.29, 0.717) is 0 Å². The molecule has 0 radical (unpaired) electrons. The van der Waals surface area contributed by atoms with Crippen molar-refractivity contribution in [3.05, 3.63) is 69.2 Å². The molecule has 0 saturated carbocycles. The molecule has 0 spiro atoms. The van der Waals surface area contributed by atoms with E-state index >= 15 is 0 Å². The van der Waals surface area contributed by atoms with Crippen LogP contribution >= 0.6 is 15.9 Å². The molecule has 2 nitrogen and oxygen atoms in total. The minimum atomic E-state index is 0.0960. The summed E-state index contributed by atoms with van der Waals surface area (Å²) in [5, 5.41) is 12.5. The van der Waals surface area contributed by atoms with Gasteiger partial charge in [-0.15, -0.1) is 0 Å². The van der Waals surface area contributed by atoms with Crippen molar-refractivity contribution in [2.45, 2.75) is 26.6 Å². The number of hydrogen-bond donors (Lipinski definition) is 2. The standard InChI is InChI=1S/C16H18BrNO/c1-12-5-6-14(8-16(12)17)10-18-9-13-3-2-4-15(7-13)11-19/h2-8,18-19H,9-11H2,1H3. The largest absolute Gasteiger partial charge is 0.392 e. The first-order chi connectivity index (χ1) is 9.19. The zero-order valence-corrected chi connectivity index (χ0v) is 12.6. The number of benzene rings is 2. The first kappa shape index (κ1) is 14.3. The highest BCUT2D eigenvalue weighted by atomic mass is 79.9. The van der Waals surface area contributed by atoms with Crippen LogP contribution in [-0.4, -0.2) is 5.11 Å². The van der Waals surface area contributed by atoms with Crippen LogP contribution in [0.2, 0.25) is 0 Å². The Labute approximate surface area is 122 Å². The molecule has 0 heterocycles. The van der Waals surface area contributed by atoms with Crippen LogP contribution in [0.15, 0.2) is 46.9 Å². The Morgan fingerprint density at radius 1 is 1.00 bits per heavy atom. The van der Waals surface area contributed by atoms with Gasteiger partial charge in [0.15, 0.2) is 0 Å². The Kier molecular flexibility index (Phi) is 5.14. The van der Waals surface area contributed by atoms with Crippen LogP contribution < -0.4 is 5.32 Å². The van der Waals surface area contributed by atoms with Gasteiger partial charge in [0.25, 0.3) is 0 Å². The molecule has 2 rings (SSSR count). The molecule has 0 saturated heterocycles. The lowest BCUT2D eigenvalue weighted by Gasteiger charge is -2.08. The fourth-order valence-corrected chi connectivity index (χ4v) is 2.36. The molecule has 0 aliphatic rings. The molecular weight excluding hydrogens is 302 g/mol. The van der Waals surface area contributed by atoms with E-state index in [0.717, 1.165) is 23.1 Å². The number of aliphatic hydroxyl groups is 1. The molecule has 2 aromatic carbocycles. The molecule has 19 heavy (non-hydrogen) atoms. The predicted molar refractivity (Wildman–Crippen MR) is 81.8 cm³/mol. The molecule has 0 atom stereocenters. The maximum absolute atomic E-state index is 9.10. The zero-order valence-electron chi connectivity index (χ0n) is 11.0. The van der Waals surface area contributed by atoms with Gasteiger partial charge in [-0.2, -0.15) is 0 Å². The lowest BCUT2D eigenvalue weighted by Crippen LogP contribution is -2.12.